The maximum absolute atomic E-state index is 12.9. The largest absolute Gasteiger partial charge is 0.493 e. The monoisotopic (exact) mass is 392 g/mol. The van der Waals surface area contributed by atoms with Crippen LogP contribution in [0.4, 0.5) is 0 Å². The Morgan fingerprint density at radius 3 is 2.72 bits per heavy atom. The Labute approximate surface area is 171 Å². The molecule has 1 aliphatic rings. The minimum absolute atomic E-state index is 0.188. The number of hydrogen-bond donors (Lipinski definition) is 1. The number of aryl methyl sites for hydroxylation is 2. The first-order chi connectivity index (χ1) is 14.1. The molecule has 0 saturated heterocycles. The van der Waals surface area contributed by atoms with Gasteiger partial charge in [-0.2, -0.15) is 0 Å². The van der Waals surface area contributed by atoms with Gasteiger partial charge >= 0.3 is 0 Å². The van der Waals surface area contributed by atoms with Crippen LogP contribution in [0.15, 0.2) is 42.5 Å². The van der Waals surface area contributed by atoms with Crippen molar-refractivity contribution in [3.63, 3.8) is 0 Å². The first kappa shape index (κ1) is 19.4. The third-order valence-corrected chi connectivity index (χ3v) is 6.09. The third kappa shape index (κ3) is 3.82. The number of ether oxygens (including phenoxy) is 2. The molecule has 152 valence electrons. The lowest BCUT2D eigenvalue weighted by atomic mass is 9.90. The average Bonchev–Trinajstić information content (AvgIpc) is 3.14. The summed E-state index contributed by atoms with van der Waals surface area (Å²) in [5.74, 6) is 1.59. The van der Waals surface area contributed by atoms with E-state index in [-0.39, 0.29) is 11.9 Å². The molecule has 1 unspecified atom stereocenters. The number of para-hydroxylation sites is 1. The predicted octanol–water partition coefficient (Wildman–Crippen LogP) is 4.13. The first-order valence-electron chi connectivity index (χ1n) is 10.2. The highest BCUT2D eigenvalue weighted by Crippen LogP contribution is 2.31. The Hall–Kier alpha value is -2.95. The molecule has 5 heteroatoms. The van der Waals surface area contributed by atoms with E-state index >= 15 is 0 Å². The Balaban J connectivity index is 1.41. The van der Waals surface area contributed by atoms with Gasteiger partial charge < -0.3 is 19.4 Å². The van der Waals surface area contributed by atoms with E-state index in [9.17, 15) is 4.79 Å². The van der Waals surface area contributed by atoms with Crippen LogP contribution in [0, 0.1) is 0 Å². The van der Waals surface area contributed by atoms with Gasteiger partial charge in [-0.25, -0.2) is 0 Å². The van der Waals surface area contributed by atoms with Crippen molar-refractivity contribution in [2.45, 2.75) is 38.1 Å². The highest BCUT2D eigenvalue weighted by atomic mass is 16.5. The Morgan fingerprint density at radius 2 is 1.93 bits per heavy atom. The van der Waals surface area contributed by atoms with E-state index in [0.29, 0.717) is 24.3 Å². The normalized spacial score (nSPS) is 15.8. The second-order valence-corrected chi connectivity index (χ2v) is 7.72. The highest BCUT2D eigenvalue weighted by molar-refractivity contribution is 5.85. The van der Waals surface area contributed by atoms with E-state index in [0.717, 1.165) is 24.8 Å². The van der Waals surface area contributed by atoms with Gasteiger partial charge in [-0.15, -0.1) is 0 Å². The molecule has 0 aliphatic heterocycles. The summed E-state index contributed by atoms with van der Waals surface area (Å²) >= 11 is 0. The Morgan fingerprint density at radius 1 is 1.14 bits per heavy atom. The molecule has 0 fully saturated rings. The average molecular weight is 392 g/mol. The van der Waals surface area contributed by atoms with Crippen LogP contribution in [-0.2, 0) is 24.1 Å². The molecule has 1 aromatic heterocycles. The van der Waals surface area contributed by atoms with Crippen LogP contribution < -0.4 is 9.47 Å². The lowest BCUT2D eigenvalue weighted by Gasteiger charge is -2.31. The lowest BCUT2D eigenvalue weighted by Crippen LogP contribution is -2.40. The molecule has 0 saturated carbocycles. The third-order valence-electron chi connectivity index (χ3n) is 6.09. The zero-order valence-electron chi connectivity index (χ0n) is 17.3. The molecule has 4 rings (SSSR count). The molecule has 3 aromatic rings. The summed E-state index contributed by atoms with van der Waals surface area (Å²) in [6, 6.07) is 14.5. The number of nitrogens with zero attached hydrogens (tertiary/aromatic N) is 1. The fraction of sp³-hybridized carbons (Fsp3) is 0.375. The van der Waals surface area contributed by atoms with E-state index in [1.165, 1.54) is 22.2 Å². The van der Waals surface area contributed by atoms with Crippen LogP contribution in [0.5, 0.6) is 11.5 Å². The van der Waals surface area contributed by atoms with Crippen molar-refractivity contribution in [2.24, 2.45) is 0 Å². The van der Waals surface area contributed by atoms with Gasteiger partial charge in [0, 0.05) is 36.1 Å². The highest BCUT2D eigenvalue weighted by Gasteiger charge is 2.27. The topological polar surface area (TPSA) is 54.6 Å². The standard InChI is InChI=1S/C24H28N2O3/c1-26(24(27)13-9-16-8-12-22(28-2)23(14-16)29-3)17-10-11-21-19(15-17)18-6-4-5-7-20(18)25-21/h4-8,12,14,17,25H,9-11,13,15H2,1-3H3. The number of carbonyl (C=O) groups is 1. The van der Waals surface area contributed by atoms with Crippen LogP contribution in [0.2, 0.25) is 0 Å². The van der Waals surface area contributed by atoms with Crippen molar-refractivity contribution in [2.75, 3.05) is 21.3 Å². The number of carbonyl (C=O) groups excluding carboxylic acids is 1. The van der Waals surface area contributed by atoms with E-state index in [2.05, 4.69) is 29.2 Å². The first-order valence-corrected chi connectivity index (χ1v) is 10.2. The summed E-state index contributed by atoms with van der Waals surface area (Å²) in [4.78, 5) is 18.4. The zero-order chi connectivity index (χ0) is 20.4. The molecule has 0 spiro atoms. The summed E-state index contributed by atoms with van der Waals surface area (Å²) in [6.07, 6.45) is 4.08. The second-order valence-electron chi connectivity index (χ2n) is 7.72. The maximum atomic E-state index is 12.9. The minimum Gasteiger partial charge on any atom is -0.493 e. The van der Waals surface area contributed by atoms with E-state index in [4.69, 9.17) is 9.47 Å². The SMILES string of the molecule is COc1ccc(CCC(=O)N(C)C2CCc3[nH]c4ccccc4c3C2)cc1OC. The Kier molecular flexibility index (Phi) is 5.47. The number of hydrogen-bond acceptors (Lipinski definition) is 3. The number of amides is 1. The number of fused-ring (bicyclic) bond motifs is 3. The van der Waals surface area contributed by atoms with Gasteiger partial charge in [0.15, 0.2) is 11.5 Å². The number of methoxy groups -OCH3 is 2. The van der Waals surface area contributed by atoms with Crippen molar-refractivity contribution in [3.8, 4) is 11.5 Å². The fourth-order valence-corrected chi connectivity index (χ4v) is 4.35. The van der Waals surface area contributed by atoms with Gasteiger partial charge in [-0.05, 0) is 55.0 Å². The van der Waals surface area contributed by atoms with Crippen LogP contribution in [0.25, 0.3) is 10.9 Å². The molecule has 2 aromatic carbocycles. The fourth-order valence-electron chi connectivity index (χ4n) is 4.35. The number of benzene rings is 2. The second kappa shape index (κ2) is 8.19. The van der Waals surface area contributed by atoms with Gasteiger partial charge in [-0.3, -0.25) is 4.79 Å². The number of aromatic amines is 1. The van der Waals surface area contributed by atoms with E-state index < -0.39 is 0 Å². The van der Waals surface area contributed by atoms with Crippen molar-refractivity contribution < 1.29 is 14.3 Å². The van der Waals surface area contributed by atoms with Gasteiger partial charge in [0.05, 0.1) is 14.2 Å². The molecule has 0 radical (unpaired) electrons. The molecular weight excluding hydrogens is 364 g/mol. The van der Waals surface area contributed by atoms with Crippen molar-refractivity contribution in [1.29, 1.82) is 0 Å². The van der Waals surface area contributed by atoms with Crippen molar-refractivity contribution in [1.82, 2.24) is 9.88 Å². The molecule has 5 nitrogen and oxygen atoms in total. The number of H-pyrrole nitrogens is 1. The van der Waals surface area contributed by atoms with Crippen molar-refractivity contribution in [3.05, 3.63) is 59.3 Å². The number of rotatable bonds is 6. The molecule has 1 amide bonds. The van der Waals surface area contributed by atoms with Crippen LogP contribution >= 0.6 is 0 Å². The smallest absolute Gasteiger partial charge is 0.222 e. The molecule has 1 aliphatic carbocycles. The van der Waals surface area contributed by atoms with Gasteiger partial charge in [0.1, 0.15) is 0 Å². The number of likely N-dealkylation sites (N-methyl/N-ethyl adjacent to an activating group) is 1. The molecule has 1 atom stereocenters. The summed E-state index contributed by atoms with van der Waals surface area (Å²) in [5, 5.41) is 1.29. The van der Waals surface area contributed by atoms with Crippen molar-refractivity contribution >= 4 is 16.8 Å². The van der Waals surface area contributed by atoms with Gasteiger partial charge in [-0.1, -0.05) is 24.3 Å². The van der Waals surface area contributed by atoms with Gasteiger partial charge in [0.2, 0.25) is 5.91 Å². The van der Waals surface area contributed by atoms with Gasteiger partial charge in [0.25, 0.3) is 0 Å². The summed E-state index contributed by atoms with van der Waals surface area (Å²) in [7, 11) is 5.20. The summed E-state index contributed by atoms with van der Waals surface area (Å²) in [5.41, 5.74) is 4.97. The van der Waals surface area contributed by atoms with Crippen LogP contribution in [0.1, 0.15) is 29.7 Å². The molecular formula is C24H28N2O3. The summed E-state index contributed by atoms with van der Waals surface area (Å²) in [6.45, 7) is 0. The van der Waals surface area contributed by atoms with E-state index in [1.807, 2.05) is 30.1 Å². The molecule has 1 N–H and O–H groups in total. The molecule has 0 bridgehead atoms. The predicted molar refractivity (Wildman–Crippen MR) is 115 cm³/mol. The zero-order valence-corrected chi connectivity index (χ0v) is 17.3. The van der Waals surface area contributed by atoms with Crippen LogP contribution in [0.3, 0.4) is 0 Å². The van der Waals surface area contributed by atoms with Crippen LogP contribution in [-0.4, -0.2) is 43.1 Å². The lowest BCUT2D eigenvalue weighted by molar-refractivity contribution is -0.132. The Bertz CT molecular complexity index is 1020. The molecule has 29 heavy (non-hydrogen) atoms. The quantitative estimate of drug-likeness (QED) is 0.686. The van der Waals surface area contributed by atoms with E-state index in [1.54, 1.807) is 14.2 Å². The summed E-state index contributed by atoms with van der Waals surface area (Å²) < 4.78 is 10.6. The number of aromatic nitrogens is 1. The minimum atomic E-state index is 0.188. The maximum Gasteiger partial charge on any atom is 0.222 e. The molecule has 1 heterocycles. The number of nitrogens with one attached hydrogen (secondary N) is 1.